The third-order valence-electron chi connectivity index (χ3n) is 3.12. The first-order chi connectivity index (χ1) is 11.7. The van der Waals surface area contributed by atoms with E-state index in [4.69, 9.17) is 16.3 Å². The van der Waals surface area contributed by atoms with Crippen LogP contribution in [0.5, 0.6) is 5.75 Å². The molecule has 24 heavy (non-hydrogen) atoms. The first-order valence-electron chi connectivity index (χ1n) is 7.17. The summed E-state index contributed by atoms with van der Waals surface area (Å²) in [4.78, 5) is 15.8. The maximum atomic E-state index is 11.8. The number of aromatic nitrogens is 4. The largest absolute Gasteiger partial charge is 0.484 e. The Balaban J connectivity index is 1.48. The number of carbonyl (C=O) groups is 1. The summed E-state index contributed by atoms with van der Waals surface area (Å²) in [5.74, 6) is 0.335. The Hall–Kier alpha value is -2.93. The lowest BCUT2D eigenvalue weighted by molar-refractivity contribution is -0.123. The molecule has 0 atom stereocenters. The summed E-state index contributed by atoms with van der Waals surface area (Å²) in [5.41, 5.74) is 1.49. The molecule has 0 bridgehead atoms. The van der Waals surface area contributed by atoms with Gasteiger partial charge in [0.05, 0.1) is 18.4 Å². The van der Waals surface area contributed by atoms with E-state index in [1.54, 1.807) is 47.5 Å². The van der Waals surface area contributed by atoms with Crippen molar-refractivity contribution in [3.8, 4) is 11.4 Å². The monoisotopic (exact) mass is 343 g/mol. The normalized spacial score (nSPS) is 10.4. The fourth-order valence-corrected chi connectivity index (χ4v) is 2.05. The first kappa shape index (κ1) is 15.9. The molecule has 0 unspecified atom stereocenters. The Kier molecular flexibility index (Phi) is 5.02. The molecule has 0 saturated carbocycles. The number of carbonyl (C=O) groups excluding carboxylic acids is 1. The quantitative estimate of drug-likeness (QED) is 0.740. The number of amides is 1. The van der Waals surface area contributed by atoms with E-state index >= 15 is 0 Å². The summed E-state index contributed by atoms with van der Waals surface area (Å²) in [6.45, 7) is 0.189. The number of nitrogens with one attached hydrogen (secondary N) is 1. The van der Waals surface area contributed by atoms with Crippen LogP contribution in [0.25, 0.3) is 5.69 Å². The minimum atomic E-state index is -0.247. The fraction of sp³-hybridized carbons (Fsp3) is 0.125. The average molecular weight is 344 g/mol. The van der Waals surface area contributed by atoms with E-state index < -0.39 is 0 Å². The second kappa shape index (κ2) is 7.56. The minimum absolute atomic E-state index is 0.0832. The van der Waals surface area contributed by atoms with Gasteiger partial charge in [0.15, 0.2) is 6.61 Å². The maximum absolute atomic E-state index is 11.8. The van der Waals surface area contributed by atoms with Crippen molar-refractivity contribution < 1.29 is 9.53 Å². The molecule has 0 aliphatic carbocycles. The topological polar surface area (TPSA) is 81.9 Å². The van der Waals surface area contributed by atoms with Crippen LogP contribution in [-0.2, 0) is 11.3 Å². The Morgan fingerprint density at radius 3 is 2.67 bits per heavy atom. The van der Waals surface area contributed by atoms with Crippen molar-refractivity contribution in [1.29, 1.82) is 0 Å². The molecule has 1 amide bonds. The van der Waals surface area contributed by atoms with Crippen molar-refractivity contribution in [2.45, 2.75) is 6.54 Å². The van der Waals surface area contributed by atoms with E-state index in [0.717, 1.165) is 5.69 Å². The van der Waals surface area contributed by atoms with E-state index in [2.05, 4.69) is 20.6 Å². The molecular formula is C16H14ClN5O2. The van der Waals surface area contributed by atoms with Crippen LogP contribution in [0.1, 0.15) is 5.69 Å². The molecule has 3 aromatic rings. The first-order valence-corrected chi connectivity index (χ1v) is 7.55. The number of halogens is 1. The second-order valence-electron chi connectivity index (χ2n) is 4.88. The molecule has 1 aromatic carbocycles. The van der Waals surface area contributed by atoms with Gasteiger partial charge in [-0.1, -0.05) is 16.8 Å². The van der Waals surface area contributed by atoms with Crippen LogP contribution >= 0.6 is 11.6 Å². The zero-order valence-electron chi connectivity index (χ0n) is 12.6. The van der Waals surface area contributed by atoms with E-state index in [1.807, 2.05) is 12.1 Å². The summed E-state index contributed by atoms with van der Waals surface area (Å²) in [6.07, 6.45) is 5.09. The highest BCUT2D eigenvalue weighted by atomic mass is 35.5. The summed E-state index contributed by atoms with van der Waals surface area (Å²) < 4.78 is 6.99. The maximum Gasteiger partial charge on any atom is 0.258 e. The molecule has 0 saturated heterocycles. The number of hydrogen-bond donors (Lipinski definition) is 1. The van der Waals surface area contributed by atoms with Crippen LogP contribution in [0.15, 0.2) is 55.0 Å². The Morgan fingerprint density at radius 1 is 1.17 bits per heavy atom. The van der Waals surface area contributed by atoms with Crippen LogP contribution in [-0.4, -0.2) is 32.5 Å². The van der Waals surface area contributed by atoms with E-state index in [1.165, 1.54) is 0 Å². The van der Waals surface area contributed by atoms with Gasteiger partial charge in [0, 0.05) is 17.4 Å². The van der Waals surface area contributed by atoms with Gasteiger partial charge in [-0.3, -0.25) is 9.78 Å². The van der Waals surface area contributed by atoms with Gasteiger partial charge in [0.25, 0.3) is 5.91 Å². The van der Waals surface area contributed by atoms with Crippen LogP contribution in [0.3, 0.4) is 0 Å². The molecule has 2 aromatic heterocycles. The summed E-state index contributed by atoms with van der Waals surface area (Å²) in [5, 5.41) is 11.4. The average Bonchev–Trinajstić information content (AvgIpc) is 3.09. The number of pyridine rings is 1. The Labute approximate surface area is 143 Å². The van der Waals surface area contributed by atoms with E-state index in [9.17, 15) is 4.79 Å². The SMILES string of the molecule is O=C(COc1ccc(Cl)cc1)NCc1cn(-c2ccncc2)nn1. The fourth-order valence-electron chi connectivity index (χ4n) is 1.92. The molecular weight excluding hydrogens is 330 g/mol. The number of benzene rings is 1. The van der Waals surface area contributed by atoms with Crippen molar-refractivity contribution in [1.82, 2.24) is 25.3 Å². The summed E-state index contributed by atoms with van der Waals surface area (Å²) in [7, 11) is 0. The van der Waals surface area contributed by atoms with Crippen molar-refractivity contribution in [3.05, 3.63) is 65.7 Å². The smallest absolute Gasteiger partial charge is 0.258 e. The zero-order valence-corrected chi connectivity index (χ0v) is 13.3. The molecule has 0 radical (unpaired) electrons. The van der Waals surface area contributed by atoms with Gasteiger partial charge in [-0.25, -0.2) is 4.68 Å². The predicted molar refractivity (Wildman–Crippen MR) is 87.9 cm³/mol. The molecule has 122 valence electrons. The van der Waals surface area contributed by atoms with Gasteiger partial charge in [0.1, 0.15) is 11.4 Å². The molecule has 8 heteroatoms. The number of rotatable bonds is 6. The predicted octanol–water partition coefficient (Wildman–Crippen LogP) is 2.01. The van der Waals surface area contributed by atoms with Crippen LogP contribution in [0.4, 0.5) is 0 Å². The van der Waals surface area contributed by atoms with Gasteiger partial charge >= 0.3 is 0 Å². The van der Waals surface area contributed by atoms with Crippen LogP contribution < -0.4 is 10.1 Å². The highest BCUT2D eigenvalue weighted by Gasteiger charge is 2.06. The van der Waals surface area contributed by atoms with Crippen LogP contribution in [0, 0.1) is 0 Å². The lowest BCUT2D eigenvalue weighted by atomic mass is 10.3. The van der Waals surface area contributed by atoms with E-state index in [0.29, 0.717) is 16.5 Å². The molecule has 0 fully saturated rings. The number of nitrogens with zero attached hydrogens (tertiary/aromatic N) is 4. The third kappa shape index (κ3) is 4.30. The standard InChI is InChI=1S/C16H14ClN5O2/c17-12-1-3-15(4-2-12)24-11-16(23)19-9-13-10-22(21-20-13)14-5-7-18-8-6-14/h1-8,10H,9,11H2,(H,19,23). The lowest BCUT2D eigenvalue weighted by Gasteiger charge is -2.06. The van der Waals surface area contributed by atoms with Crippen molar-refractivity contribution >= 4 is 17.5 Å². The Morgan fingerprint density at radius 2 is 1.92 bits per heavy atom. The molecule has 0 aliphatic rings. The van der Waals surface area contributed by atoms with Gasteiger partial charge in [0.2, 0.25) is 0 Å². The van der Waals surface area contributed by atoms with Crippen LogP contribution in [0.2, 0.25) is 5.02 Å². The molecule has 3 rings (SSSR count). The Bertz CT molecular complexity index is 805. The van der Waals surface area contributed by atoms with Crippen molar-refractivity contribution in [2.24, 2.45) is 0 Å². The van der Waals surface area contributed by atoms with Crippen molar-refractivity contribution in [2.75, 3.05) is 6.61 Å². The third-order valence-corrected chi connectivity index (χ3v) is 3.37. The van der Waals surface area contributed by atoms with Gasteiger partial charge < -0.3 is 10.1 Å². The highest BCUT2D eigenvalue weighted by molar-refractivity contribution is 6.30. The molecule has 1 N–H and O–H groups in total. The van der Waals surface area contributed by atoms with E-state index in [-0.39, 0.29) is 19.1 Å². The van der Waals surface area contributed by atoms with Gasteiger partial charge in [-0.05, 0) is 36.4 Å². The second-order valence-corrected chi connectivity index (χ2v) is 5.32. The zero-order chi connectivity index (χ0) is 16.8. The molecule has 0 spiro atoms. The summed E-state index contributed by atoms with van der Waals surface area (Å²) >= 11 is 5.79. The number of hydrogen-bond acceptors (Lipinski definition) is 5. The van der Waals surface area contributed by atoms with Crippen molar-refractivity contribution in [3.63, 3.8) is 0 Å². The minimum Gasteiger partial charge on any atom is -0.484 e. The molecule has 2 heterocycles. The highest BCUT2D eigenvalue weighted by Crippen LogP contribution is 2.15. The van der Waals surface area contributed by atoms with Gasteiger partial charge in [-0.15, -0.1) is 5.10 Å². The van der Waals surface area contributed by atoms with Gasteiger partial charge in [-0.2, -0.15) is 0 Å². The molecule has 0 aliphatic heterocycles. The summed E-state index contributed by atoms with van der Waals surface area (Å²) in [6, 6.07) is 10.4. The number of ether oxygens (including phenoxy) is 1. The lowest BCUT2D eigenvalue weighted by Crippen LogP contribution is -2.28. The molecule has 7 nitrogen and oxygen atoms in total.